The van der Waals surface area contributed by atoms with Crippen molar-refractivity contribution < 1.29 is 9.53 Å². The van der Waals surface area contributed by atoms with Crippen molar-refractivity contribution in [3.8, 4) is 0 Å². The molecule has 2 heteroatoms. The number of esters is 1. The van der Waals surface area contributed by atoms with E-state index in [2.05, 4.69) is 13.8 Å². The Bertz CT molecular complexity index is 317. The van der Waals surface area contributed by atoms with Crippen LogP contribution in [0.15, 0.2) is 30.3 Å². The number of hydrogen-bond acceptors (Lipinski definition) is 2. The predicted octanol–water partition coefficient (Wildman–Crippen LogP) is 3.21. The molecule has 0 aromatic heterocycles. The SMILES string of the molecule is CC(C)CC(C)OC(=O)Cc1ccccc1. The van der Waals surface area contributed by atoms with Crippen molar-refractivity contribution in [2.24, 2.45) is 5.92 Å². The lowest BCUT2D eigenvalue weighted by molar-refractivity contribution is -0.148. The first-order valence-electron chi connectivity index (χ1n) is 5.81. The molecule has 0 N–H and O–H groups in total. The molecule has 88 valence electrons. The number of hydrogen-bond donors (Lipinski definition) is 0. The summed E-state index contributed by atoms with van der Waals surface area (Å²) in [6.45, 7) is 6.20. The molecule has 0 saturated heterocycles. The Morgan fingerprint density at radius 2 is 1.81 bits per heavy atom. The average molecular weight is 220 g/mol. The van der Waals surface area contributed by atoms with Gasteiger partial charge in [-0.1, -0.05) is 44.2 Å². The summed E-state index contributed by atoms with van der Waals surface area (Å²) in [5.74, 6) is 0.416. The van der Waals surface area contributed by atoms with Gasteiger partial charge < -0.3 is 4.74 Å². The van der Waals surface area contributed by atoms with Crippen LogP contribution in [-0.2, 0) is 16.0 Å². The van der Waals surface area contributed by atoms with Gasteiger partial charge in [0.2, 0.25) is 0 Å². The summed E-state index contributed by atoms with van der Waals surface area (Å²) in [6, 6.07) is 9.68. The van der Waals surface area contributed by atoms with E-state index in [9.17, 15) is 4.79 Å². The molecule has 0 aliphatic rings. The fourth-order valence-corrected chi connectivity index (χ4v) is 1.74. The van der Waals surface area contributed by atoms with Crippen molar-refractivity contribution in [3.05, 3.63) is 35.9 Å². The largest absolute Gasteiger partial charge is 0.462 e. The smallest absolute Gasteiger partial charge is 0.310 e. The molecule has 1 aromatic rings. The van der Waals surface area contributed by atoms with Crippen LogP contribution in [0.5, 0.6) is 0 Å². The fraction of sp³-hybridized carbons (Fsp3) is 0.500. The predicted molar refractivity (Wildman–Crippen MR) is 65.2 cm³/mol. The third-order valence-corrected chi connectivity index (χ3v) is 2.33. The second-order valence-corrected chi connectivity index (χ2v) is 4.59. The van der Waals surface area contributed by atoms with Crippen molar-refractivity contribution in [2.45, 2.75) is 39.7 Å². The molecule has 0 bridgehead atoms. The summed E-state index contributed by atoms with van der Waals surface area (Å²) in [5.41, 5.74) is 1.00. The monoisotopic (exact) mass is 220 g/mol. The summed E-state index contributed by atoms with van der Waals surface area (Å²) < 4.78 is 5.33. The Hall–Kier alpha value is -1.31. The average Bonchev–Trinajstić information content (AvgIpc) is 2.17. The molecular formula is C14H20O2. The van der Waals surface area contributed by atoms with Gasteiger partial charge in [0.25, 0.3) is 0 Å². The molecule has 0 heterocycles. The highest BCUT2D eigenvalue weighted by Crippen LogP contribution is 2.09. The van der Waals surface area contributed by atoms with Crippen LogP contribution in [0.3, 0.4) is 0 Å². The number of benzene rings is 1. The second kappa shape index (κ2) is 6.31. The lowest BCUT2D eigenvalue weighted by Crippen LogP contribution is -2.18. The van der Waals surface area contributed by atoms with E-state index in [1.54, 1.807) is 0 Å². The Labute approximate surface area is 97.6 Å². The van der Waals surface area contributed by atoms with Gasteiger partial charge in [-0.3, -0.25) is 4.79 Å². The highest BCUT2D eigenvalue weighted by molar-refractivity contribution is 5.72. The van der Waals surface area contributed by atoms with Gasteiger partial charge in [-0.15, -0.1) is 0 Å². The molecule has 2 nitrogen and oxygen atoms in total. The summed E-state index contributed by atoms with van der Waals surface area (Å²) >= 11 is 0. The minimum absolute atomic E-state index is 0.0104. The van der Waals surface area contributed by atoms with Gasteiger partial charge in [0.1, 0.15) is 0 Å². The van der Waals surface area contributed by atoms with Crippen molar-refractivity contribution in [1.82, 2.24) is 0 Å². The van der Waals surface area contributed by atoms with Crippen LogP contribution in [0, 0.1) is 5.92 Å². The van der Waals surface area contributed by atoms with Crippen molar-refractivity contribution in [3.63, 3.8) is 0 Å². The van der Waals surface area contributed by atoms with Crippen LogP contribution in [0.2, 0.25) is 0 Å². The fourth-order valence-electron chi connectivity index (χ4n) is 1.74. The van der Waals surface area contributed by atoms with E-state index in [1.165, 1.54) is 0 Å². The highest BCUT2D eigenvalue weighted by atomic mass is 16.5. The molecule has 0 amide bonds. The molecule has 0 radical (unpaired) electrons. The zero-order valence-corrected chi connectivity index (χ0v) is 10.3. The van der Waals surface area contributed by atoms with Gasteiger partial charge >= 0.3 is 5.97 Å². The summed E-state index contributed by atoms with van der Waals surface area (Å²) in [4.78, 5) is 11.6. The minimum atomic E-state index is -0.139. The molecule has 1 rings (SSSR count). The number of ether oxygens (including phenoxy) is 1. The van der Waals surface area contributed by atoms with Gasteiger partial charge in [-0.2, -0.15) is 0 Å². The molecule has 0 saturated carbocycles. The van der Waals surface area contributed by atoms with Crippen LogP contribution in [0.1, 0.15) is 32.8 Å². The van der Waals surface area contributed by atoms with Crippen LogP contribution < -0.4 is 0 Å². The van der Waals surface area contributed by atoms with E-state index < -0.39 is 0 Å². The molecule has 0 aliphatic heterocycles. The van der Waals surface area contributed by atoms with E-state index in [1.807, 2.05) is 37.3 Å². The Morgan fingerprint density at radius 1 is 1.19 bits per heavy atom. The molecule has 0 spiro atoms. The first-order chi connectivity index (χ1) is 7.58. The van der Waals surface area contributed by atoms with Crippen molar-refractivity contribution >= 4 is 5.97 Å². The van der Waals surface area contributed by atoms with Crippen molar-refractivity contribution in [1.29, 1.82) is 0 Å². The van der Waals surface area contributed by atoms with Crippen molar-refractivity contribution in [2.75, 3.05) is 0 Å². The summed E-state index contributed by atoms with van der Waals surface area (Å²) in [6.07, 6.45) is 1.29. The first kappa shape index (κ1) is 12.8. The normalized spacial score (nSPS) is 12.5. The van der Waals surface area contributed by atoms with E-state index in [4.69, 9.17) is 4.74 Å². The van der Waals surface area contributed by atoms with E-state index >= 15 is 0 Å². The van der Waals surface area contributed by atoms with Gasteiger partial charge in [0.05, 0.1) is 12.5 Å². The Kier molecular flexibility index (Phi) is 5.03. The molecule has 0 aliphatic carbocycles. The Balaban J connectivity index is 2.36. The number of rotatable bonds is 5. The molecule has 1 aromatic carbocycles. The Morgan fingerprint density at radius 3 is 2.38 bits per heavy atom. The highest BCUT2D eigenvalue weighted by Gasteiger charge is 2.11. The van der Waals surface area contributed by atoms with Gasteiger partial charge in [0.15, 0.2) is 0 Å². The third-order valence-electron chi connectivity index (χ3n) is 2.33. The second-order valence-electron chi connectivity index (χ2n) is 4.59. The quantitative estimate of drug-likeness (QED) is 0.712. The lowest BCUT2D eigenvalue weighted by atomic mass is 10.1. The number of carbonyl (C=O) groups excluding carboxylic acids is 1. The molecule has 16 heavy (non-hydrogen) atoms. The molecular weight excluding hydrogens is 200 g/mol. The lowest BCUT2D eigenvalue weighted by Gasteiger charge is -2.15. The van der Waals surface area contributed by atoms with E-state index in [0.717, 1.165) is 12.0 Å². The molecule has 1 atom stereocenters. The van der Waals surface area contributed by atoms with Crippen LogP contribution in [0.25, 0.3) is 0 Å². The van der Waals surface area contributed by atoms with Crippen LogP contribution in [-0.4, -0.2) is 12.1 Å². The maximum atomic E-state index is 11.6. The van der Waals surface area contributed by atoms with E-state index in [0.29, 0.717) is 12.3 Å². The topological polar surface area (TPSA) is 26.3 Å². The van der Waals surface area contributed by atoms with Gasteiger partial charge in [0, 0.05) is 0 Å². The maximum absolute atomic E-state index is 11.6. The maximum Gasteiger partial charge on any atom is 0.310 e. The van der Waals surface area contributed by atoms with Gasteiger partial charge in [-0.05, 0) is 24.8 Å². The molecule has 1 unspecified atom stereocenters. The van der Waals surface area contributed by atoms with E-state index in [-0.39, 0.29) is 12.1 Å². The van der Waals surface area contributed by atoms with Gasteiger partial charge in [-0.25, -0.2) is 0 Å². The summed E-state index contributed by atoms with van der Waals surface area (Å²) in [5, 5.41) is 0. The zero-order chi connectivity index (χ0) is 12.0. The zero-order valence-electron chi connectivity index (χ0n) is 10.3. The minimum Gasteiger partial charge on any atom is -0.462 e. The third kappa shape index (κ3) is 4.96. The first-order valence-corrected chi connectivity index (χ1v) is 5.81. The number of carbonyl (C=O) groups is 1. The standard InChI is InChI=1S/C14H20O2/c1-11(2)9-12(3)16-14(15)10-13-7-5-4-6-8-13/h4-8,11-12H,9-10H2,1-3H3. The molecule has 0 fully saturated rings. The van der Waals surface area contributed by atoms with Crippen LogP contribution >= 0.6 is 0 Å². The van der Waals surface area contributed by atoms with Crippen LogP contribution in [0.4, 0.5) is 0 Å². The summed E-state index contributed by atoms with van der Waals surface area (Å²) in [7, 11) is 0.